The molecular weight excluding hydrogens is 362 g/mol. The van der Waals surface area contributed by atoms with Crippen LogP contribution in [0.4, 0.5) is 10.5 Å². The van der Waals surface area contributed by atoms with Crippen molar-refractivity contribution in [2.75, 3.05) is 18.4 Å². The van der Waals surface area contributed by atoms with Crippen molar-refractivity contribution >= 4 is 33.6 Å². The SMILES string of the molecule is CC(C)(C)OC(=O)NCCCCCCNc1c2ccccc2nc2ccccc12. The molecule has 1 amide bonds. The van der Waals surface area contributed by atoms with Gasteiger partial charge >= 0.3 is 6.09 Å². The lowest BCUT2D eigenvalue weighted by molar-refractivity contribution is 0.0527. The van der Waals surface area contributed by atoms with Crippen LogP contribution < -0.4 is 10.6 Å². The molecule has 0 fully saturated rings. The second-order valence-corrected chi connectivity index (χ2v) is 8.29. The standard InChI is InChI=1S/C24H31N3O2/c1-24(2,3)29-23(28)26-17-11-5-4-10-16-25-22-18-12-6-8-14-20(18)27-21-15-9-7-13-19(21)22/h6-9,12-15H,4-5,10-11,16-17H2,1-3H3,(H,25,27)(H,26,28). The number of fused-ring (bicyclic) bond motifs is 2. The van der Waals surface area contributed by atoms with Gasteiger partial charge in [-0.15, -0.1) is 0 Å². The predicted molar refractivity (Wildman–Crippen MR) is 120 cm³/mol. The second-order valence-electron chi connectivity index (χ2n) is 8.29. The van der Waals surface area contributed by atoms with Gasteiger partial charge in [0, 0.05) is 23.9 Å². The van der Waals surface area contributed by atoms with Gasteiger partial charge in [-0.2, -0.15) is 0 Å². The average Bonchev–Trinajstić information content (AvgIpc) is 2.67. The van der Waals surface area contributed by atoms with Crippen molar-refractivity contribution in [3.63, 3.8) is 0 Å². The zero-order chi connectivity index (χ0) is 20.7. The summed E-state index contributed by atoms with van der Waals surface area (Å²) in [5, 5.41) is 8.77. The number of aromatic nitrogens is 1. The Balaban J connectivity index is 1.45. The van der Waals surface area contributed by atoms with E-state index in [-0.39, 0.29) is 6.09 Å². The Morgan fingerprint density at radius 3 is 2.00 bits per heavy atom. The predicted octanol–water partition coefficient (Wildman–Crippen LogP) is 5.89. The molecule has 3 aromatic rings. The van der Waals surface area contributed by atoms with Crippen molar-refractivity contribution < 1.29 is 9.53 Å². The van der Waals surface area contributed by atoms with Crippen LogP contribution in [-0.4, -0.2) is 29.8 Å². The maximum Gasteiger partial charge on any atom is 0.407 e. The topological polar surface area (TPSA) is 63.2 Å². The van der Waals surface area contributed by atoms with Gasteiger partial charge in [-0.3, -0.25) is 0 Å². The van der Waals surface area contributed by atoms with Crippen LogP contribution >= 0.6 is 0 Å². The lowest BCUT2D eigenvalue weighted by Crippen LogP contribution is -2.32. The van der Waals surface area contributed by atoms with Crippen molar-refractivity contribution in [3.05, 3.63) is 48.5 Å². The number of rotatable bonds is 8. The molecule has 0 aliphatic rings. The summed E-state index contributed by atoms with van der Waals surface area (Å²) in [5.41, 5.74) is 2.75. The van der Waals surface area contributed by atoms with E-state index in [4.69, 9.17) is 9.72 Å². The molecule has 0 saturated carbocycles. The summed E-state index contributed by atoms with van der Waals surface area (Å²) in [6.07, 6.45) is 3.90. The van der Waals surface area contributed by atoms with Crippen LogP contribution in [-0.2, 0) is 4.74 Å². The number of carbonyl (C=O) groups is 1. The molecule has 29 heavy (non-hydrogen) atoms. The summed E-state index contributed by atoms with van der Waals surface area (Å²) >= 11 is 0. The summed E-state index contributed by atoms with van der Waals surface area (Å²) in [5.74, 6) is 0. The number of amides is 1. The van der Waals surface area contributed by atoms with E-state index in [0.717, 1.165) is 59.7 Å². The maximum atomic E-state index is 11.6. The lowest BCUT2D eigenvalue weighted by atomic mass is 10.1. The lowest BCUT2D eigenvalue weighted by Gasteiger charge is -2.19. The zero-order valence-corrected chi connectivity index (χ0v) is 17.6. The Morgan fingerprint density at radius 1 is 0.862 bits per heavy atom. The van der Waals surface area contributed by atoms with Crippen LogP contribution in [0.5, 0.6) is 0 Å². The third-order valence-corrected chi connectivity index (χ3v) is 4.66. The normalized spacial score (nSPS) is 11.6. The van der Waals surface area contributed by atoms with E-state index in [0.29, 0.717) is 6.54 Å². The highest BCUT2D eigenvalue weighted by Gasteiger charge is 2.15. The number of benzene rings is 2. The maximum absolute atomic E-state index is 11.6. The molecular formula is C24H31N3O2. The Morgan fingerprint density at radius 2 is 1.41 bits per heavy atom. The van der Waals surface area contributed by atoms with E-state index in [2.05, 4.69) is 47.0 Å². The molecule has 0 radical (unpaired) electrons. The number of hydrogen-bond donors (Lipinski definition) is 2. The first-order valence-electron chi connectivity index (χ1n) is 10.4. The van der Waals surface area contributed by atoms with Gasteiger partial charge in [0.15, 0.2) is 0 Å². The fourth-order valence-electron chi connectivity index (χ4n) is 3.35. The van der Waals surface area contributed by atoms with Gasteiger partial charge in [-0.05, 0) is 45.7 Å². The van der Waals surface area contributed by atoms with E-state index in [1.165, 1.54) is 0 Å². The van der Waals surface area contributed by atoms with Crippen molar-refractivity contribution in [1.82, 2.24) is 10.3 Å². The molecule has 0 spiro atoms. The van der Waals surface area contributed by atoms with Crippen LogP contribution in [0.25, 0.3) is 21.8 Å². The number of ether oxygens (including phenoxy) is 1. The summed E-state index contributed by atoms with van der Waals surface area (Å²) in [6.45, 7) is 7.18. The molecule has 3 rings (SSSR count). The first kappa shape index (κ1) is 20.9. The molecule has 2 N–H and O–H groups in total. The number of carbonyl (C=O) groups excluding carboxylic acids is 1. The van der Waals surface area contributed by atoms with Gasteiger partial charge in [-0.25, -0.2) is 9.78 Å². The van der Waals surface area contributed by atoms with Gasteiger partial charge in [0.25, 0.3) is 0 Å². The number of anilines is 1. The van der Waals surface area contributed by atoms with Crippen LogP contribution in [0.3, 0.4) is 0 Å². The van der Waals surface area contributed by atoms with E-state index in [9.17, 15) is 4.79 Å². The highest BCUT2D eigenvalue weighted by atomic mass is 16.6. The third kappa shape index (κ3) is 6.08. The minimum atomic E-state index is -0.447. The fraction of sp³-hybridized carbons (Fsp3) is 0.417. The van der Waals surface area contributed by atoms with Gasteiger partial charge in [-0.1, -0.05) is 49.2 Å². The number of unbranched alkanes of at least 4 members (excludes halogenated alkanes) is 3. The molecule has 0 bridgehead atoms. The van der Waals surface area contributed by atoms with Crippen LogP contribution in [0.1, 0.15) is 46.5 Å². The molecule has 0 aliphatic heterocycles. The number of alkyl carbamates (subject to hydrolysis) is 1. The molecule has 0 saturated heterocycles. The van der Waals surface area contributed by atoms with Crippen molar-refractivity contribution in [2.24, 2.45) is 0 Å². The number of hydrogen-bond acceptors (Lipinski definition) is 4. The van der Waals surface area contributed by atoms with E-state index >= 15 is 0 Å². The van der Waals surface area contributed by atoms with E-state index in [1.807, 2.05) is 32.9 Å². The van der Waals surface area contributed by atoms with Crippen molar-refractivity contribution in [2.45, 2.75) is 52.1 Å². The third-order valence-electron chi connectivity index (χ3n) is 4.66. The zero-order valence-electron chi connectivity index (χ0n) is 17.6. The summed E-state index contributed by atoms with van der Waals surface area (Å²) < 4.78 is 5.24. The number of para-hydroxylation sites is 2. The van der Waals surface area contributed by atoms with Crippen LogP contribution in [0.2, 0.25) is 0 Å². The number of nitrogens with one attached hydrogen (secondary N) is 2. The van der Waals surface area contributed by atoms with E-state index in [1.54, 1.807) is 0 Å². The van der Waals surface area contributed by atoms with Crippen LogP contribution in [0.15, 0.2) is 48.5 Å². The highest BCUT2D eigenvalue weighted by Crippen LogP contribution is 2.30. The molecule has 1 aromatic heterocycles. The summed E-state index contributed by atoms with van der Waals surface area (Å²) in [6, 6.07) is 16.5. The Labute approximate surface area is 172 Å². The molecule has 5 nitrogen and oxygen atoms in total. The van der Waals surface area contributed by atoms with Crippen molar-refractivity contribution in [1.29, 1.82) is 0 Å². The smallest absolute Gasteiger partial charge is 0.407 e. The molecule has 0 atom stereocenters. The molecule has 154 valence electrons. The Bertz CT molecular complexity index is 909. The van der Waals surface area contributed by atoms with E-state index < -0.39 is 5.60 Å². The Kier molecular flexibility index (Phi) is 6.91. The molecule has 0 aliphatic carbocycles. The molecule has 0 unspecified atom stereocenters. The average molecular weight is 394 g/mol. The van der Waals surface area contributed by atoms with Gasteiger partial charge < -0.3 is 15.4 Å². The number of nitrogens with zero attached hydrogens (tertiary/aromatic N) is 1. The summed E-state index contributed by atoms with van der Waals surface area (Å²) in [4.78, 5) is 16.4. The monoisotopic (exact) mass is 393 g/mol. The minimum absolute atomic E-state index is 0.337. The Hall–Kier alpha value is -2.82. The van der Waals surface area contributed by atoms with Crippen molar-refractivity contribution in [3.8, 4) is 0 Å². The first-order chi connectivity index (χ1) is 13.9. The summed E-state index contributed by atoms with van der Waals surface area (Å²) in [7, 11) is 0. The van der Waals surface area contributed by atoms with Gasteiger partial charge in [0.1, 0.15) is 5.60 Å². The fourth-order valence-corrected chi connectivity index (χ4v) is 3.35. The quantitative estimate of drug-likeness (QED) is 0.370. The first-order valence-corrected chi connectivity index (χ1v) is 10.4. The minimum Gasteiger partial charge on any atom is -0.444 e. The number of pyridine rings is 1. The largest absolute Gasteiger partial charge is 0.444 e. The highest BCUT2D eigenvalue weighted by molar-refractivity contribution is 6.07. The molecule has 2 aromatic carbocycles. The van der Waals surface area contributed by atoms with Gasteiger partial charge in [0.05, 0.1) is 16.7 Å². The second kappa shape index (κ2) is 9.59. The molecule has 5 heteroatoms. The van der Waals surface area contributed by atoms with Crippen LogP contribution in [0, 0.1) is 0 Å². The molecule has 1 heterocycles. The van der Waals surface area contributed by atoms with Gasteiger partial charge in [0.2, 0.25) is 0 Å².